The molecule has 4 nitrogen and oxygen atoms in total. The van der Waals surface area contributed by atoms with Gasteiger partial charge in [-0.2, -0.15) is 5.26 Å². The SMILES string of the molecule is N#Cc1ccccc1OCc1cccc(C=CC(=O)O)c1. The predicted molar refractivity (Wildman–Crippen MR) is 78.6 cm³/mol. The van der Waals surface area contributed by atoms with Crippen LogP contribution >= 0.6 is 0 Å². The zero-order valence-electron chi connectivity index (χ0n) is 11.2. The fourth-order valence-corrected chi connectivity index (χ4v) is 1.80. The van der Waals surface area contributed by atoms with Crippen LogP contribution in [-0.2, 0) is 11.4 Å². The summed E-state index contributed by atoms with van der Waals surface area (Å²) in [5.74, 6) is -0.453. The molecule has 21 heavy (non-hydrogen) atoms. The van der Waals surface area contributed by atoms with Crippen LogP contribution in [0.25, 0.3) is 6.08 Å². The van der Waals surface area contributed by atoms with Gasteiger partial charge in [0, 0.05) is 6.08 Å². The number of ether oxygens (including phenoxy) is 1. The van der Waals surface area contributed by atoms with Crippen molar-refractivity contribution >= 4 is 12.0 Å². The molecular formula is C17H13NO3. The van der Waals surface area contributed by atoms with Gasteiger partial charge in [-0.25, -0.2) is 4.79 Å². The van der Waals surface area contributed by atoms with Crippen LogP contribution in [0.3, 0.4) is 0 Å². The summed E-state index contributed by atoms with van der Waals surface area (Å²) in [7, 11) is 0. The molecule has 0 saturated heterocycles. The Kier molecular flexibility index (Phi) is 4.73. The summed E-state index contributed by atoms with van der Waals surface area (Å²) in [5.41, 5.74) is 2.17. The minimum absolute atomic E-state index is 0.313. The van der Waals surface area contributed by atoms with Gasteiger partial charge < -0.3 is 9.84 Å². The lowest BCUT2D eigenvalue weighted by Crippen LogP contribution is -1.97. The maximum absolute atomic E-state index is 10.5. The van der Waals surface area contributed by atoms with Crippen LogP contribution < -0.4 is 4.74 Å². The largest absolute Gasteiger partial charge is 0.488 e. The van der Waals surface area contributed by atoms with Crippen molar-refractivity contribution in [3.05, 3.63) is 71.3 Å². The Bertz CT molecular complexity index is 714. The van der Waals surface area contributed by atoms with E-state index < -0.39 is 5.97 Å². The first-order valence-electron chi connectivity index (χ1n) is 6.31. The third-order valence-corrected chi connectivity index (χ3v) is 2.77. The summed E-state index contributed by atoms with van der Waals surface area (Å²) in [6, 6.07) is 16.5. The molecule has 2 aromatic carbocycles. The number of benzene rings is 2. The van der Waals surface area contributed by atoms with Crippen molar-refractivity contribution in [1.29, 1.82) is 5.26 Å². The van der Waals surface area contributed by atoms with Crippen molar-refractivity contribution in [3.8, 4) is 11.8 Å². The molecule has 0 unspecified atom stereocenters. The molecule has 0 heterocycles. The van der Waals surface area contributed by atoms with E-state index in [4.69, 9.17) is 15.1 Å². The third-order valence-electron chi connectivity index (χ3n) is 2.77. The number of hydrogen-bond acceptors (Lipinski definition) is 3. The number of carbonyl (C=O) groups is 1. The van der Waals surface area contributed by atoms with E-state index in [2.05, 4.69) is 6.07 Å². The van der Waals surface area contributed by atoms with Gasteiger partial charge in [-0.05, 0) is 35.4 Å². The van der Waals surface area contributed by atoms with Gasteiger partial charge in [0.25, 0.3) is 0 Å². The summed E-state index contributed by atoms with van der Waals surface area (Å²) in [6.07, 6.45) is 2.61. The van der Waals surface area contributed by atoms with Crippen molar-refractivity contribution in [2.24, 2.45) is 0 Å². The number of carboxylic acid groups (broad SMARTS) is 1. The zero-order chi connectivity index (χ0) is 15.1. The lowest BCUT2D eigenvalue weighted by atomic mass is 10.1. The molecule has 0 spiro atoms. The topological polar surface area (TPSA) is 70.3 Å². The maximum Gasteiger partial charge on any atom is 0.328 e. The van der Waals surface area contributed by atoms with E-state index >= 15 is 0 Å². The van der Waals surface area contributed by atoms with Crippen LogP contribution in [0.5, 0.6) is 5.75 Å². The molecule has 0 aromatic heterocycles. The lowest BCUT2D eigenvalue weighted by Gasteiger charge is -2.08. The Balaban J connectivity index is 2.09. The van der Waals surface area contributed by atoms with E-state index in [1.54, 1.807) is 18.2 Å². The molecule has 0 aliphatic heterocycles. The molecule has 4 heteroatoms. The monoisotopic (exact) mass is 279 g/mol. The van der Waals surface area contributed by atoms with Gasteiger partial charge >= 0.3 is 5.97 Å². The predicted octanol–water partition coefficient (Wildman–Crippen LogP) is 3.24. The Labute approximate surface area is 122 Å². The van der Waals surface area contributed by atoms with Gasteiger partial charge in [0.15, 0.2) is 0 Å². The molecule has 0 bridgehead atoms. The third kappa shape index (κ3) is 4.22. The van der Waals surface area contributed by atoms with Crippen LogP contribution in [0, 0.1) is 11.3 Å². The molecule has 0 aliphatic rings. The Morgan fingerprint density at radius 3 is 2.81 bits per heavy atom. The average Bonchev–Trinajstić information content (AvgIpc) is 2.51. The average molecular weight is 279 g/mol. The Morgan fingerprint density at radius 2 is 2.05 bits per heavy atom. The molecule has 0 amide bonds. The van der Waals surface area contributed by atoms with E-state index in [1.165, 1.54) is 6.08 Å². The van der Waals surface area contributed by atoms with E-state index in [9.17, 15) is 4.79 Å². The summed E-state index contributed by atoms with van der Waals surface area (Å²) < 4.78 is 5.63. The summed E-state index contributed by atoms with van der Waals surface area (Å²) in [4.78, 5) is 10.5. The van der Waals surface area contributed by atoms with Gasteiger partial charge in [0.1, 0.15) is 18.4 Å². The number of aliphatic carboxylic acids is 1. The first-order valence-corrected chi connectivity index (χ1v) is 6.31. The second-order valence-electron chi connectivity index (χ2n) is 4.31. The molecule has 0 saturated carbocycles. The second-order valence-corrected chi connectivity index (χ2v) is 4.31. The molecule has 104 valence electrons. The minimum atomic E-state index is -0.986. The Hall–Kier alpha value is -3.06. The van der Waals surface area contributed by atoms with Crippen LogP contribution in [0.4, 0.5) is 0 Å². The van der Waals surface area contributed by atoms with Gasteiger partial charge in [0.05, 0.1) is 5.56 Å². The molecular weight excluding hydrogens is 266 g/mol. The summed E-state index contributed by atoms with van der Waals surface area (Å²) in [6.45, 7) is 0.313. The Morgan fingerprint density at radius 1 is 1.24 bits per heavy atom. The summed E-state index contributed by atoms with van der Waals surface area (Å²) in [5, 5.41) is 17.6. The molecule has 1 N–H and O–H groups in total. The number of rotatable bonds is 5. The highest BCUT2D eigenvalue weighted by Crippen LogP contribution is 2.18. The van der Waals surface area contributed by atoms with Crippen LogP contribution in [0.15, 0.2) is 54.6 Å². The molecule has 2 rings (SSSR count). The fourth-order valence-electron chi connectivity index (χ4n) is 1.80. The zero-order valence-corrected chi connectivity index (χ0v) is 11.2. The summed E-state index contributed by atoms with van der Waals surface area (Å²) >= 11 is 0. The van der Waals surface area contributed by atoms with E-state index in [1.807, 2.05) is 30.3 Å². The van der Waals surface area contributed by atoms with Crippen LogP contribution in [0.2, 0.25) is 0 Å². The van der Waals surface area contributed by atoms with E-state index in [-0.39, 0.29) is 0 Å². The fraction of sp³-hybridized carbons (Fsp3) is 0.0588. The van der Waals surface area contributed by atoms with Gasteiger partial charge in [-0.1, -0.05) is 30.3 Å². The quantitative estimate of drug-likeness (QED) is 0.853. The molecule has 2 aromatic rings. The smallest absolute Gasteiger partial charge is 0.328 e. The van der Waals surface area contributed by atoms with Crippen molar-refractivity contribution in [2.75, 3.05) is 0 Å². The minimum Gasteiger partial charge on any atom is -0.488 e. The second kappa shape index (κ2) is 6.92. The van der Waals surface area contributed by atoms with Crippen LogP contribution in [-0.4, -0.2) is 11.1 Å². The molecule has 0 aliphatic carbocycles. The van der Waals surface area contributed by atoms with Crippen LogP contribution in [0.1, 0.15) is 16.7 Å². The number of carboxylic acids is 1. The normalized spacial score (nSPS) is 10.2. The van der Waals surface area contributed by atoms with E-state index in [0.29, 0.717) is 17.9 Å². The van der Waals surface area contributed by atoms with Gasteiger partial charge in [-0.3, -0.25) is 0 Å². The number of nitriles is 1. The molecule has 0 fully saturated rings. The molecule has 0 atom stereocenters. The first-order chi connectivity index (χ1) is 10.2. The highest BCUT2D eigenvalue weighted by atomic mass is 16.5. The van der Waals surface area contributed by atoms with Crippen molar-refractivity contribution in [2.45, 2.75) is 6.61 Å². The van der Waals surface area contributed by atoms with Gasteiger partial charge in [0.2, 0.25) is 0 Å². The van der Waals surface area contributed by atoms with Gasteiger partial charge in [-0.15, -0.1) is 0 Å². The number of hydrogen-bond donors (Lipinski definition) is 1. The number of para-hydroxylation sites is 1. The first kappa shape index (κ1) is 14.4. The van der Waals surface area contributed by atoms with Crippen molar-refractivity contribution in [1.82, 2.24) is 0 Å². The highest BCUT2D eigenvalue weighted by Gasteiger charge is 2.02. The van der Waals surface area contributed by atoms with Crippen molar-refractivity contribution in [3.63, 3.8) is 0 Å². The maximum atomic E-state index is 10.5. The lowest BCUT2D eigenvalue weighted by molar-refractivity contribution is -0.131. The number of nitrogens with zero attached hydrogens (tertiary/aromatic N) is 1. The molecule has 0 radical (unpaired) electrons. The highest BCUT2D eigenvalue weighted by molar-refractivity contribution is 5.85. The van der Waals surface area contributed by atoms with E-state index in [0.717, 1.165) is 17.2 Å². The van der Waals surface area contributed by atoms with Crippen molar-refractivity contribution < 1.29 is 14.6 Å². The standard InChI is InChI=1S/C17H13NO3/c18-11-15-6-1-2-7-16(15)21-12-14-5-3-4-13(10-14)8-9-17(19)20/h1-10H,12H2,(H,19,20).